The first-order chi connectivity index (χ1) is 10.9. The molecule has 0 spiro atoms. The van der Waals surface area contributed by atoms with Crippen molar-refractivity contribution in [1.82, 2.24) is 14.9 Å². The van der Waals surface area contributed by atoms with Crippen LogP contribution >= 0.6 is 23.1 Å². The Hall–Kier alpha value is -1.34. The quantitative estimate of drug-likeness (QED) is 0.640. The molecule has 1 N–H and O–H groups in total. The highest BCUT2D eigenvalue weighted by Gasteiger charge is 2.17. The Balaban J connectivity index is 2.30. The summed E-state index contributed by atoms with van der Waals surface area (Å²) in [5, 5.41) is 4.26. The molecule has 0 saturated heterocycles. The Morgan fingerprint density at radius 2 is 2.09 bits per heavy atom. The molecule has 7 heteroatoms. The molecule has 1 atom stereocenters. The standard InChI is InChI=1S/C16H23N3O2S2/c1-6-9(3)17-12(20)8-22-16-18-14-13(10(4)11(5)23-14)15(21)19(16)7-2/h9H,6-8H2,1-5H3,(H,17,20). The maximum atomic E-state index is 12.7. The normalized spacial score (nSPS) is 12.6. The van der Waals surface area contributed by atoms with Gasteiger partial charge in [-0.05, 0) is 39.7 Å². The minimum absolute atomic E-state index is 0.0100. The van der Waals surface area contributed by atoms with Gasteiger partial charge in [0.25, 0.3) is 5.56 Å². The highest BCUT2D eigenvalue weighted by Crippen LogP contribution is 2.28. The summed E-state index contributed by atoms with van der Waals surface area (Å²) in [5.74, 6) is 0.242. The lowest BCUT2D eigenvalue weighted by molar-refractivity contribution is -0.119. The maximum absolute atomic E-state index is 12.7. The first-order valence-electron chi connectivity index (χ1n) is 7.81. The van der Waals surface area contributed by atoms with E-state index in [-0.39, 0.29) is 23.3 Å². The molecule has 0 aliphatic rings. The van der Waals surface area contributed by atoms with Gasteiger partial charge in [-0.1, -0.05) is 18.7 Å². The molecular formula is C16H23N3O2S2. The van der Waals surface area contributed by atoms with Crippen molar-refractivity contribution >= 4 is 39.2 Å². The minimum Gasteiger partial charge on any atom is -0.353 e. The van der Waals surface area contributed by atoms with Crippen molar-refractivity contribution in [3.05, 3.63) is 20.8 Å². The van der Waals surface area contributed by atoms with Gasteiger partial charge in [-0.15, -0.1) is 11.3 Å². The number of thiophene rings is 1. The molecule has 0 bridgehead atoms. The third-order valence-corrected chi connectivity index (χ3v) is 6.00. The van der Waals surface area contributed by atoms with Crippen molar-refractivity contribution in [3.63, 3.8) is 0 Å². The fourth-order valence-corrected chi connectivity index (χ4v) is 4.19. The number of thioether (sulfide) groups is 1. The average molecular weight is 354 g/mol. The monoisotopic (exact) mass is 353 g/mol. The van der Waals surface area contributed by atoms with Gasteiger partial charge in [-0.25, -0.2) is 4.98 Å². The zero-order chi connectivity index (χ0) is 17.1. The van der Waals surface area contributed by atoms with E-state index < -0.39 is 0 Å². The van der Waals surface area contributed by atoms with Crippen LogP contribution in [0, 0.1) is 13.8 Å². The summed E-state index contributed by atoms with van der Waals surface area (Å²) in [6, 6.07) is 0.162. The Bertz CT molecular complexity index is 780. The van der Waals surface area contributed by atoms with E-state index in [1.807, 2.05) is 34.6 Å². The van der Waals surface area contributed by atoms with Crippen LogP contribution in [0.2, 0.25) is 0 Å². The van der Waals surface area contributed by atoms with Gasteiger partial charge in [0.2, 0.25) is 5.91 Å². The Kier molecular flexibility index (Phi) is 5.86. The highest BCUT2D eigenvalue weighted by atomic mass is 32.2. The summed E-state index contributed by atoms with van der Waals surface area (Å²) in [7, 11) is 0. The largest absolute Gasteiger partial charge is 0.353 e. The van der Waals surface area contributed by atoms with E-state index in [1.54, 1.807) is 4.57 Å². The van der Waals surface area contributed by atoms with Crippen molar-refractivity contribution < 1.29 is 4.79 Å². The predicted molar refractivity (Wildman–Crippen MR) is 97.6 cm³/mol. The second kappa shape index (κ2) is 7.49. The lowest BCUT2D eigenvalue weighted by Crippen LogP contribution is -2.33. The Labute approximate surface area is 144 Å². The van der Waals surface area contributed by atoms with Crippen LogP contribution in [-0.4, -0.2) is 27.3 Å². The number of carbonyl (C=O) groups excluding carboxylic acids is 1. The van der Waals surface area contributed by atoms with Crippen molar-refractivity contribution in [1.29, 1.82) is 0 Å². The smallest absolute Gasteiger partial charge is 0.263 e. The van der Waals surface area contributed by atoms with Gasteiger partial charge in [-0.2, -0.15) is 0 Å². The van der Waals surface area contributed by atoms with E-state index in [0.717, 1.165) is 21.7 Å². The van der Waals surface area contributed by atoms with E-state index in [1.165, 1.54) is 23.1 Å². The summed E-state index contributed by atoms with van der Waals surface area (Å²) >= 11 is 2.86. The summed E-state index contributed by atoms with van der Waals surface area (Å²) in [5.41, 5.74) is 1.000. The second-order valence-electron chi connectivity index (χ2n) is 5.57. The molecule has 5 nitrogen and oxygen atoms in total. The average Bonchev–Trinajstić information content (AvgIpc) is 2.80. The molecule has 0 saturated carbocycles. The van der Waals surface area contributed by atoms with Gasteiger partial charge in [0.1, 0.15) is 4.83 Å². The summed E-state index contributed by atoms with van der Waals surface area (Å²) in [4.78, 5) is 31.1. The number of nitrogens with zero attached hydrogens (tertiary/aromatic N) is 2. The Morgan fingerprint density at radius 3 is 2.70 bits per heavy atom. The van der Waals surface area contributed by atoms with Crippen molar-refractivity contribution in [2.75, 3.05) is 5.75 Å². The van der Waals surface area contributed by atoms with Crippen LogP contribution < -0.4 is 10.9 Å². The number of rotatable bonds is 6. The van der Waals surface area contributed by atoms with Crippen LogP contribution in [0.25, 0.3) is 10.2 Å². The molecule has 0 aliphatic carbocycles. The molecule has 2 heterocycles. The van der Waals surface area contributed by atoms with E-state index in [4.69, 9.17) is 0 Å². The fourth-order valence-electron chi connectivity index (χ4n) is 2.25. The number of hydrogen-bond acceptors (Lipinski definition) is 5. The molecular weight excluding hydrogens is 330 g/mol. The minimum atomic E-state index is -0.0279. The third kappa shape index (κ3) is 3.77. The number of fused-ring (bicyclic) bond motifs is 1. The van der Waals surface area contributed by atoms with Crippen LogP contribution in [0.15, 0.2) is 9.95 Å². The summed E-state index contributed by atoms with van der Waals surface area (Å²) in [6.07, 6.45) is 0.897. The summed E-state index contributed by atoms with van der Waals surface area (Å²) in [6.45, 7) is 10.4. The Morgan fingerprint density at radius 1 is 1.39 bits per heavy atom. The first-order valence-corrected chi connectivity index (χ1v) is 9.61. The molecule has 0 aliphatic heterocycles. The molecule has 1 unspecified atom stereocenters. The lowest BCUT2D eigenvalue weighted by Gasteiger charge is -2.12. The van der Waals surface area contributed by atoms with E-state index in [0.29, 0.717) is 17.1 Å². The van der Waals surface area contributed by atoms with Gasteiger partial charge in [0.15, 0.2) is 5.16 Å². The van der Waals surface area contributed by atoms with Crippen molar-refractivity contribution in [2.45, 2.75) is 58.8 Å². The van der Waals surface area contributed by atoms with Gasteiger partial charge in [-0.3, -0.25) is 14.2 Å². The molecule has 2 aromatic rings. The SMILES string of the molecule is CCC(C)NC(=O)CSc1nc2sc(C)c(C)c2c(=O)n1CC. The van der Waals surface area contributed by atoms with E-state index in [9.17, 15) is 9.59 Å². The van der Waals surface area contributed by atoms with Crippen LogP contribution in [0.4, 0.5) is 0 Å². The second-order valence-corrected chi connectivity index (χ2v) is 7.72. The number of aromatic nitrogens is 2. The molecule has 0 radical (unpaired) electrons. The van der Waals surface area contributed by atoms with Gasteiger partial charge < -0.3 is 5.32 Å². The van der Waals surface area contributed by atoms with Crippen molar-refractivity contribution in [2.24, 2.45) is 0 Å². The number of nitrogens with one attached hydrogen (secondary N) is 1. The highest BCUT2D eigenvalue weighted by molar-refractivity contribution is 7.99. The molecule has 1 amide bonds. The van der Waals surface area contributed by atoms with E-state index >= 15 is 0 Å². The molecule has 2 rings (SSSR count). The topological polar surface area (TPSA) is 64.0 Å². The zero-order valence-corrected chi connectivity index (χ0v) is 15.9. The van der Waals surface area contributed by atoms with E-state index in [2.05, 4.69) is 10.3 Å². The van der Waals surface area contributed by atoms with Gasteiger partial charge >= 0.3 is 0 Å². The number of carbonyl (C=O) groups is 1. The molecule has 23 heavy (non-hydrogen) atoms. The molecule has 0 fully saturated rings. The van der Waals surface area contributed by atoms with Crippen LogP contribution in [0.3, 0.4) is 0 Å². The number of amides is 1. The predicted octanol–water partition coefficient (Wildman–Crippen LogP) is 3.10. The molecule has 2 aromatic heterocycles. The van der Waals surface area contributed by atoms with Crippen LogP contribution in [-0.2, 0) is 11.3 Å². The fraction of sp³-hybridized carbons (Fsp3) is 0.562. The summed E-state index contributed by atoms with van der Waals surface area (Å²) < 4.78 is 1.66. The lowest BCUT2D eigenvalue weighted by atomic mass is 10.2. The zero-order valence-electron chi connectivity index (χ0n) is 14.2. The van der Waals surface area contributed by atoms with Gasteiger partial charge in [0.05, 0.1) is 11.1 Å². The van der Waals surface area contributed by atoms with Crippen LogP contribution in [0.5, 0.6) is 0 Å². The first kappa shape index (κ1) is 18.0. The number of hydrogen-bond donors (Lipinski definition) is 1. The molecule has 126 valence electrons. The molecule has 0 aromatic carbocycles. The van der Waals surface area contributed by atoms with Crippen molar-refractivity contribution in [3.8, 4) is 0 Å². The van der Waals surface area contributed by atoms with Crippen LogP contribution in [0.1, 0.15) is 37.6 Å². The maximum Gasteiger partial charge on any atom is 0.263 e. The van der Waals surface area contributed by atoms with Gasteiger partial charge in [0, 0.05) is 17.5 Å². The third-order valence-electron chi connectivity index (χ3n) is 3.92. The number of aryl methyl sites for hydroxylation is 2.